The fourth-order valence-corrected chi connectivity index (χ4v) is 3.53. The van der Waals surface area contributed by atoms with E-state index in [1.807, 2.05) is 12.1 Å². The lowest BCUT2D eigenvalue weighted by Crippen LogP contribution is -2.34. The van der Waals surface area contributed by atoms with Crippen LogP contribution in [0.5, 0.6) is 0 Å². The fourth-order valence-electron chi connectivity index (χ4n) is 3.53. The molecule has 1 aliphatic heterocycles. The second-order valence-corrected chi connectivity index (χ2v) is 6.07. The Morgan fingerprint density at radius 3 is 2.43 bits per heavy atom. The lowest BCUT2D eigenvalue weighted by Gasteiger charge is -2.25. The number of piperidine rings is 1. The van der Waals surface area contributed by atoms with Gasteiger partial charge in [0.2, 0.25) is 0 Å². The van der Waals surface area contributed by atoms with Crippen LogP contribution in [0, 0.1) is 0 Å². The summed E-state index contributed by atoms with van der Waals surface area (Å²) in [4.78, 5) is 12.5. The topological polar surface area (TPSA) is 41.1 Å². The normalized spacial score (nSPS) is 20.0. The summed E-state index contributed by atoms with van der Waals surface area (Å²) in [5.41, 5.74) is 2.13. The van der Waals surface area contributed by atoms with Gasteiger partial charge in [-0.1, -0.05) is 31.0 Å². The molecule has 1 aromatic carbocycles. The van der Waals surface area contributed by atoms with Gasteiger partial charge in [0, 0.05) is 11.6 Å². The van der Waals surface area contributed by atoms with Gasteiger partial charge < -0.3 is 10.6 Å². The highest BCUT2D eigenvalue weighted by atomic mass is 35.5. The van der Waals surface area contributed by atoms with Crippen molar-refractivity contribution in [3.8, 4) is 0 Å². The van der Waals surface area contributed by atoms with Crippen molar-refractivity contribution in [2.75, 3.05) is 13.1 Å². The number of carbonyl (C=O) groups is 1. The summed E-state index contributed by atoms with van der Waals surface area (Å²) in [5, 5.41) is 6.61. The van der Waals surface area contributed by atoms with Crippen molar-refractivity contribution in [2.24, 2.45) is 0 Å². The van der Waals surface area contributed by atoms with Crippen molar-refractivity contribution in [1.29, 1.82) is 0 Å². The summed E-state index contributed by atoms with van der Waals surface area (Å²) in [5.74, 6) is 0.660. The van der Waals surface area contributed by atoms with Crippen LogP contribution in [0.15, 0.2) is 24.3 Å². The lowest BCUT2D eigenvalue weighted by molar-refractivity contribution is 0.0936. The summed E-state index contributed by atoms with van der Waals surface area (Å²) in [6, 6.07) is 8.56. The average molecular weight is 309 g/mol. The van der Waals surface area contributed by atoms with Gasteiger partial charge in [-0.15, -0.1) is 12.4 Å². The van der Waals surface area contributed by atoms with E-state index in [0.29, 0.717) is 12.0 Å². The fraction of sp³-hybridized carbons (Fsp3) is 0.588. The molecule has 1 heterocycles. The molecule has 1 aliphatic carbocycles. The number of nitrogens with one attached hydrogen (secondary N) is 2. The first-order valence-electron chi connectivity index (χ1n) is 7.95. The first-order valence-corrected chi connectivity index (χ1v) is 7.95. The minimum Gasteiger partial charge on any atom is -0.349 e. The molecule has 0 spiro atoms. The molecule has 0 bridgehead atoms. The zero-order valence-electron chi connectivity index (χ0n) is 12.4. The highest BCUT2D eigenvalue weighted by Gasteiger charge is 2.23. The van der Waals surface area contributed by atoms with Crippen LogP contribution in [0.1, 0.15) is 60.4 Å². The van der Waals surface area contributed by atoms with Crippen LogP contribution in [0.4, 0.5) is 0 Å². The summed E-state index contributed by atoms with van der Waals surface area (Å²) in [6.45, 7) is 2.12. The highest BCUT2D eigenvalue weighted by molar-refractivity contribution is 5.96. The minimum absolute atomic E-state index is 0. The van der Waals surface area contributed by atoms with Crippen LogP contribution in [-0.4, -0.2) is 25.0 Å². The molecule has 2 fully saturated rings. The molecule has 3 nitrogen and oxygen atoms in total. The predicted octanol–water partition coefficient (Wildman–Crippen LogP) is 3.25. The van der Waals surface area contributed by atoms with Crippen molar-refractivity contribution < 1.29 is 4.79 Å². The Morgan fingerprint density at radius 2 is 1.71 bits per heavy atom. The molecular formula is C17H25ClN2O. The molecule has 21 heavy (non-hydrogen) atoms. The Morgan fingerprint density at radius 1 is 1.05 bits per heavy atom. The number of carbonyl (C=O) groups excluding carboxylic acids is 1. The summed E-state index contributed by atoms with van der Waals surface area (Å²) in [6.07, 6.45) is 7.05. The first-order chi connectivity index (χ1) is 9.84. The Bertz CT molecular complexity index is 466. The zero-order valence-corrected chi connectivity index (χ0v) is 13.3. The summed E-state index contributed by atoms with van der Waals surface area (Å²) < 4.78 is 0. The maximum absolute atomic E-state index is 12.5. The Hall–Kier alpha value is -1.06. The molecule has 2 N–H and O–H groups in total. The van der Waals surface area contributed by atoms with Gasteiger partial charge in [0.15, 0.2) is 0 Å². The second-order valence-electron chi connectivity index (χ2n) is 6.07. The molecule has 2 aliphatic rings. The average Bonchev–Trinajstić information content (AvgIpc) is 3.01. The Labute approximate surface area is 133 Å². The van der Waals surface area contributed by atoms with E-state index in [1.165, 1.54) is 18.4 Å². The molecule has 1 saturated heterocycles. The Kier molecular flexibility index (Phi) is 6.07. The molecule has 4 heteroatoms. The van der Waals surface area contributed by atoms with Gasteiger partial charge in [-0.05, 0) is 56.3 Å². The molecule has 0 aromatic heterocycles. The van der Waals surface area contributed by atoms with Crippen molar-refractivity contribution in [1.82, 2.24) is 10.6 Å². The SMILES string of the molecule is Cl.O=C(NC1CCCC1)c1ccccc1C1CCNCC1. The number of amides is 1. The van der Waals surface area contributed by atoms with Crippen molar-refractivity contribution in [3.05, 3.63) is 35.4 Å². The molecule has 1 aromatic rings. The van der Waals surface area contributed by atoms with Crippen LogP contribution in [0.25, 0.3) is 0 Å². The molecule has 0 radical (unpaired) electrons. The first kappa shape index (κ1) is 16.3. The monoisotopic (exact) mass is 308 g/mol. The van der Waals surface area contributed by atoms with Crippen LogP contribution in [-0.2, 0) is 0 Å². The molecule has 0 atom stereocenters. The van der Waals surface area contributed by atoms with Gasteiger partial charge in [-0.2, -0.15) is 0 Å². The van der Waals surface area contributed by atoms with E-state index >= 15 is 0 Å². The van der Waals surface area contributed by atoms with E-state index < -0.39 is 0 Å². The number of hydrogen-bond acceptors (Lipinski definition) is 2. The van der Waals surface area contributed by atoms with Gasteiger partial charge >= 0.3 is 0 Å². The van der Waals surface area contributed by atoms with Crippen LogP contribution in [0.2, 0.25) is 0 Å². The van der Waals surface area contributed by atoms with Crippen LogP contribution in [0.3, 0.4) is 0 Å². The third-order valence-electron chi connectivity index (χ3n) is 4.67. The quantitative estimate of drug-likeness (QED) is 0.900. The van der Waals surface area contributed by atoms with Crippen LogP contribution >= 0.6 is 12.4 Å². The van der Waals surface area contributed by atoms with Gasteiger partial charge in [0.1, 0.15) is 0 Å². The largest absolute Gasteiger partial charge is 0.349 e. The molecular weight excluding hydrogens is 284 g/mol. The molecule has 3 rings (SSSR count). The van der Waals surface area contributed by atoms with E-state index in [0.717, 1.165) is 44.3 Å². The smallest absolute Gasteiger partial charge is 0.251 e. The van der Waals surface area contributed by atoms with Crippen LogP contribution < -0.4 is 10.6 Å². The third-order valence-corrected chi connectivity index (χ3v) is 4.67. The predicted molar refractivity (Wildman–Crippen MR) is 88.3 cm³/mol. The minimum atomic E-state index is 0. The standard InChI is InChI=1S/C17H24N2O.ClH/c20-17(19-14-5-1-2-6-14)16-8-4-3-7-15(16)13-9-11-18-12-10-13;/h3-4,7-8,13-14,18H,1-2,5-6,9-12H2,(H,19,20);1H. The van der Waals surface area contributed by atoms with Crippen molar-refractivity contribution in [3.63, 3.8) is 0 Å². The van der Waals surface area contributed by atoms with E-state index in [-0.39, 0.29) is 18.3 Å². The number of rotatable bonds is 3. The van der Waals surface area contributed by atoms with E-state index in [4.69, 9.17) is 0 Å². The molecule has 1 saturated carbocycles. The van der Waals surface area contributed by atoms with Crippen molar-refractivity contribution >= 4 is 18.3 Å². The van der Waals surface area contributed by atoms with E-state index in [1.54, 1.807) is 0 Å². The Balaban J connectivity index is 0.00000161. The van der Waals surface area contributed by atoms with Gasteiger partial charge in [-0.3, -0.25) is 4.79 Å². The molecule has 0 unspecified atom stereocenters. The molecule has 116 valence electrons. The van der Waals surface area contributed by atoms with E-state index in [2.05, 4.69) is 22.8 Å². The summed E-state index contributed by atoms with van der Waals surface area (Å²) >= 11 is 0. The maximum Gasteiger partial charge on any atom is 0.251 e. The number of benzene rings is 1. The third kappa shape index (κ3) is 3.98. The van der Waals surface area contributed by atoms with Gasteiger partial charge in [0.25, 0.3) is 5.91 Å². The van der Waals surface area contributed by atoms with Gasteiger partial charge in [-0.25, -0.2) is 0 Å². The van der Waals surface area contributed by atoms with Crippen molar-refractivity contribution in [2.45, 2.75) is 50.5 Å². The zero-order chi connectivity index (χ0) is 13.8. The van der Waals surface area contributed by atoms with E-state index in [9.17, 15) is 4.79 Å². The number of hydrogen-bond donors (Lipinski definition) is 2. The molecule has 1 amide bonds. The van der Waals surface area contributed by atoms with Gasteiger partial charge in [0.05, 0.1) is 0 Å². The lowest BCUT2D eigenvalue weighted by atomic mass is 9.87. The highest BCUT2D eigenvalue weighted by Crippen LogP contribution is 2.28. The maximum atomic E-state index is 12.5. The summed E-state index contributed by atoms with van der Waals surface area (Å²) in [7, 11) is 0. The second kappa shape index (κ2) is 7.81. The number of halogens is 1.